The third-order valence-corrected chi connectivity index (χ3v) is 7.35. The second-order valence-corrected chi connectivity index (χ2v) is 9.72. The van der Waals surface area contributed by atoms with E-state index >= 15 is 0 Å². The van der Waals surface area contributed by atoms with Gasteiger partial charge in [0, 0.05) is 15.2 Å². The second-order valence-electron chi connectivity index (χ2n) is 5.72. The van der Waals surface area contributed by atoms with Crippen molar-refractivity contribution in [1.82, 2.24) is 0 Å². The number of thioether (sulfide) groups is 1. The van der Waals surface area contributed by atoms with Crippen LogP contribution in [-0.2, 0) is 9.84 Å². The summed E-state index contributed by atoms with van der Waals surface area (Å²) in [6, 6.07) is 10.9. The number of anilines is 1. The van der Waals surface area contributed by atoms with Gasteiger partial charge in [0.05, 0.1) is 22.8 Å². The lowest BCUT2D eigenvalue weighted by atomic mass is 10.2. The molecule has 0 spiro atoms. The molecule has 2 aromatic carbocycles. The van der Waals surface area contributed by atoms with Crippen molar-refractivity contribution in [1.29, 1.82) is 0 Å². The van der Waals surface area contributed by atoms with Crippen molar-refractivity contribution in [2.24, 2.45) is 0 Å². The minimum atomic E-state index is -2.99. The maximum absolute atomic E-state index is 13.9. The molecule has 132 valence electrons. The van der Waals surface area contributed by atoms with Crippen LogP contribution in [0.5, 0.6) is 0 Å². The predicted octanol–water partition coefficient (Wildman–Crippen LogP) is 4.01. The van der Waals surface area contributed by atoms with Gasteiger partial charge in [-0.2, -0.15) is 0 Å². The number of amides is 1. The molecule has 0 aliphatic carbocycles. The Morgan fingerprint density at radius 2 is 2.00 bits per heavy atom. The molecule has 0 aromatic heterocycles. The summed E-state index contributed by atoms with van der Waals surface area (Å²) in [5.74, 6) is -0.785. The molecule has 25 heavy (non-hydrogen) atoms. The van der Waals surface area contributed by atoms with Gasteiger partial charge in [0.25, 0.3) is 5.91 Å². The Morgan fingerprint density at radius 3 is 2.68 bits per heavy atom. The van der Waals surface area contributed by atoms with Gasteiger partial charge in [-0.15, -0.1) is 11.8 Å². The summed E-state index contributed by atoms with van der Waals surface area (Å²) in [4.78, 5) is 13.2. The zero-order chi connectivity index (χ0) is 18.0. The second kappa shape index (κ2) is 7.35. The molecule has 1 amide bonds. The maximum atomic E-state index is 13.9. The number of halogens is 2. The van der Waals surface area contributed by atoms with Crippen molar-refractivity contribution in [3.8, 4) is 0 Å². The molecular formula is C17H15ClFNO3S2. The highest BCUT2D eigenvalue weighted by molar-refractivity contribution is 8.02. The minimum Gasteiger partial charge on any atom is -0.319 e. The van der Waals surface area contributed by atoms with E-state index in [1.54, 1.807) is 24.3 Å². The Hall–Kier alpha value is -1.57. The van der Waals surface area contributed by atoms with Crippen LogP contribution in [-0.4, -0.2) is 31.1 Å². The molecule has 0 unspecified atom stereocenters. The zero-order valence-corrected chi connectivity index (χ0v) is 15.4. The maximum Gasteiger partial charge on any atom is 0.256 e. The number of sulfone groups is 1. The Bertz CT molecular complexity index is 918. The standard InChI is InChI=1S/C17H15ClFNO3S2/c18-11-5-6-15(14(19)9-11)20-17(21)13-3-1-2-4-16(13)24-12-7-8-25(22,23)10-12/h1-6,9,12H,7-8,10H2,(H,20,21)/t12-/m1/s1. The molecule has 0 radical (unpaired) electrons. The first kappa shape index (κ1) is 18.2. The molecule has 0 bridgehead atoms. The molecule has 2 aromatic rings. The summed E-state index contributed by atoms with van der Waals surface area (Å²) in [5, 5.41) is 2.70. The van der Waals surface area contributed by atoms with Crippen molar-refractivity contribution in [2.75, 3.05) is 16.8 Å². The summed E-state index contributed by atoms with van der Waals surface area (Å²) in [6.07, 6.45) is 0.564. The van der Waals surface area contributed by atoms with Crippen LogP contribution in [0.15, 0.2) is 47.4 Å². The number of rotatable bonds is 4. The fraction of sp³-hybridized carbons (Fsp3) is 0.235. The first-order valence-electron chi connectivity index (χ1n) is 7.56. The normalized spacial score (nSPS) is 18.9. The molecule has 1 aliphatic heterocycles. The minimum absolute atomic E-state index is 0.0395. The van der Waals surface area contributed by atoms with E-state index in [0.717, 1.165) is 6.07 Å². The number of hydrogen-bond acceptors (Lipinski definition) is 4. The third-order valence-electron chi connectivity index (χ3n) is 3.80. The van der Waals surface area contributed by atoms with Gasteiger partial charge in [-0.3, -0.25) is 4.79 Å². The van der Waals surface area contributed by atoms with Gasteiger partial charge in [0.2, 0.25) is 0 Å². The van der Waals surface area contributed by atoms with Gasteiger partial charge in [-0.25, -0.2) is 12.8 Å². The first-order valence-corrected chi connectivity index (χ1v) is 10.6. The van der Waals surface area contributed by atoms with Crippen molar-refractivity contribution < 1.29 is 17.6 Å². The lowest BCUT2D eigenvalue weighted by Gasteiger charge is -2.13. The van der Waals surface area contributed by atoms with Gasteiger partial charge in [0.15, 0.2) is 9.84 Å². The molecule has 1 saturated heterocycles. The molecule has 3 rings (SSSR count). The SMILES string of the molecule is O=C(Nc1ccc(Cl)cc1F)c1ccccc1S[C@@H]1CCS(=O)(=O)C1. The summed E-state index contributed by atoms with van der Waals surface area (Å²) >= 11 is 7.08. The van der Waals surface area contributed by atoms with Crippen LogP contribution in [0, 0.1) is 5.82 Å². The highest BCUT2D eigenvalue weighted by Crippen LogP contribution is 2.33. The number of carbonyl (C=O) groups is 1. The Morgan fingerprint density at radius 1 is 1.24 bits per heavy atom. The van der Waals surface area contributed by atoms with Gasteiger partial charge < -0.3 is 5.32 Å². The molecule has 1 N–H and O–H groups in total. The molecule has 1 fully saturated rings. The summed E-state index contributed by atoms with van der Waals surface area (Å²) in [6.45, 7) is 0. The van der Waals surface area contributed by atoms with E-state index in [1.165, 1.54) is 23.9 Å². The molecule has 8 heteroatoms. The molecular weight excluding hydrogens is 385 g/mol. The number of hydrogen-bond donors (Lipinski definition) is 1. The Kier molecular flexibility index (Phi) is 5.36. The lowest BCUT2D eigenvalue weighted by molar-refractivity contribution is 0.102. The number of nitrogens with one attached hydrogen (secondary N) is 1. The fourth-order valence-corrected chi connectivity index (χ4v) is 6.36. The van der Waals surface area contributed by atoms with Crippen molar-refractivity contribution in [3.05, 3.63) is 58.9 Å². The Balaban J connectivity index is 1.79. The third kappa shape index (κ3) is 4.54. The smallest absolute Gasteiger partial charge is 0.256 e. The van der Waals surface area contributed by atoms with Crippen molar-refractivity contribution >= 4 is 44.8 Å². The average molecular weight is 400 g/mol. The van der Waals surface area contributed by atoms with E-state index < -0.39 is 21.6 Å². The number of benzene rings is 2. The van der Waals surface area contributed by atoms with E-state index in [9.17, 15) is 17.6 Å². The monoisotopic (exact) mass is 399 g/mol. The first-order chi connectivity index (χ1) is 11.8. The van der Waals surface area contributed by atoms with Crippen LogP contribution < -0.4 is 5.32 Å². The van der Waals surface area contributed by atoms with Gasteiger partial charge in [-0.05, 0) is 36.8 Å². The predicted molar refractivity (Wildman–Crippen MR) is 98.7 cm³/mol. The molecule has 4 nitrogen and oxygen atoms in total. The fourth-order valence-electron chi connectivity index (χ4n) is 2.57. The van der Waals surface area contributed by atoms with E-state index in [4.69, 9.17) is 11.6 Å². The van der Waals surface area contributed by atoms with Crippen molar-refractivity contribution in [2.45, 2.75) is 16.6 Å². The highest BCUT2D eigenvalue weighted by Gasteiger charge is 2.29. The molecule has 1 heterocycles. The largest absolute Gasteiger partial charge is 0.319 e. The van der Waals surface area contributed by atoms with Gasteiger partial charge >= 0.3 is 0 Å². The molecule has 1 aliphatic rings. The van der Waals surface area contributed by atoms with Crippen LogP contribution in [0.3, 0.4) is 0 Å². The van der Waals surface area contributed by atoms with Crippen molar-refractivity contribution in [3.63, 3.8) is 0 Å². The van der Waals surface area contributed by atoms with E-state index in [-0.39, 0.29) is 27.5 Å². The summed E-state index contributed by atoms with van der Waals surface area (Å²) in [7, 11) is -2.99. The van der Waals surface area contributed by atoms with Gasteiger partial charge in [-0.1, -0.05) is 23.7 Å². The summed E-state index contributed by atoms with van der Waals surface area (Å²) in [5.41, 5.74) is 0.420. The van der Waals surface area contributed by atoms with Crippen LogP contribution in [0.4, 0.5) is 10.1 Å². The van der Waals surface area contributed by atoms with E-state index in [2.05, 4.69) is 5.32 Å². The van der Waals surface area contributed by atoms with Crippen LogP contribution in [0.2, 0.25) is 5.02 Å². The molecule has 1 atom stereocenters. The Labute approximate surface area is 154 Å². The van der Waals surface area contributed by atoms with Crippen LogP contribution in [0.25, 0.3) is 0 Å². The molecule has 0 saturated carbocycles. The van der Waals surface area contributed by atoms with Crippen LogP contribution >= 0.6 is 23.4 Å². The van der Waals surface area contributed by atoms with E-state index in [1.807, 2.05) is 0 Å². The average Bonchev–Trinajstić information content (AvgIpc) is 2.89. The lowest BCUT2D eigenvalue weighted by Crippen LogP contribution is -2.15. The highest BCUT2D eigenvalue weighted by atomic mass is 35.5. The quantitative estimate of drug-likeness (QED) is 0.843. The topological polar surface area (TPSA) is 63.2 Å². The summed E-state index contributed by atoms with van der Waals surface area (Å²) < 4.78 is 37.1. The van der Waals surface area contributed by atoms with E-state index in [0.29, 0.717) is 16.9 Å². The van der Waals surface area contributed by atoms with Gasteiger partial charge in [0.1, 0.15) is 5.82 Å². The van der Waals surface area contributed by atoms with Crippen LogP contribution in [0.1, 0.15) is 16.8 Å². The number of carbonyl (C=O) groups excluding carboxylic acids is 1. The zero-order valence-electron chi connectivity index (χ0n) is 13.0.